The zero-order valence-electron chi connectivity index (χ0n) is 13.9. The Morgan fingerprint density at radius 1 is 0.800 bits per heavy atom. The van der Waals surface area contributed by atoms with Crippen molar-refractivity contribution < 1.29 is 4.43 Å². The Bertz CT molecular complexity index is 345. The van der Waals surface area contributed by atoms with Crippen LogP contribution in [0.15, 0.2) is 0 Å². The number of nitrogens with zero attached hydrogens (tertiary/aromatic N) is 2. The first-order valence-corrected chi connectivity index (χ1v) is 15.7. The van der Waals surface area contributed by atoms with Gasteiger partial charge in [0.15, 0.2) is 13.7 Å². The molecule has 0 aromatic heterocycles. The monoisotopic (exact) mass is 312 g/mol. The molecule has 3 aliphatic rings. The molecule has 3 fully saturated rings. The minimum Gasteiger partial charge on any atom is -0.391 e. The maximum atomic E-state index is 7.10. The molecule has 3 saturated heterocycles. The van der Waals surface area contributed by atoms with Gasteiger partial charge in [0.2, 0.25) is 0 Å². The molecule has 0 spiro atoms. The van der Waals surface area contributed by atoms with Crippen LogP contribution in [0.5, 0.6) is 0 Å². The minimum atomic E-state index is -1.53. The first-order chi connectivity index (χ1) is 9.37. The first kappa shape index (κ1) is 15.2. The van der Waals surface area contributed by atoms with Gasteiger partial charge in [-0.25, -0.2) is 0 Å². The normalized spacial score (nSPS) is 33.6. The Morgan fingerprint density at radius 3 is 1.65 bits per heavy atom. The van der Waals surface area contributed by atoms with Crippen LogP contribution in [0.2, 0.25) is 32.2 Å². The Morgan fingerprint density at radius 2 is 1.25 bits per heavy atom. The zero-order chi connectivity index (χ0) is 14.4. The van der Waals surface area contributed by atoms with Crippen LogP contribution in [0.1, 0.15) is 32.1 Å². The van der Waals surface area contributed by atoms with Gasteiger partial charge in [-0.3, -0.25) is 9.80 Å². The predicted molar refractivity (Wildman–Crippen MR) is 89.8 cm³/mol. The van der Waals surface area contributed by atoms with Crippen molar-refractivity contribution in [1.29, 1.82) is 0 Å². The standard InChI is InChI=1S/C15H32N2OSi2/c1-19(2)14-9-15(18-20(19,3)4,16-10-5-6-11-16)17-12-7-8-13-17/h5-14H2,1-4H3. The van der Waals surface area contributed by atoms with Gasteiger partial charge in [0.05, 0.1) is 7.59 Å². The van der Waals surface area contributed by atoms with E-state index in [9.17, 15) is 0 Å². The fourth-order valence-corrected chi connectivity index (χ4v) is 10.7. The van der Waals surface area contributed by atoms with E-state index in [1.165, 1.54) is 64.3 Å². The third-order valence-corrected chi connectivity index (χ3v) is 22.8. The molecular weight excluding hydrogens is 280 g/mol. The van der Waals surface area contributed by atoms with Gasteiger partial charge in [0.25, 0.3) is 0 Å². The van der Waals surface area contributed by atoms with Gasteiger partial charge >= 0.3 is 0 Å². The fourth-order valence-electron chi connectivity index (χ4n) is 4.15. The molecule has 0 unspecified atom stereocenters. The van der Waals surface area contributed by atoms with Crippen LogP contribution in [0, 0.1) is 0 Å². The zero-order valence-corrected chi connectivity index (χ0v) is 15.9. The van der Waals surface area contributed by atoms with Gasteiger partial charge in [-0.1, -0.05) is 19.1 Å². The summed E-state index contributed by atoms with van der Waals surface area (Å²) in [5.74, 6) is -0.00869. The van der Waals surface area contributed by atoms with Crippen molar-refractivity contribution in [2.45, 2.75) is 70.2 Å². The van der Waals surface area contributed by atoms with Gasteiger partial charge < -0.3 is 4.43 Å². The summed E-state index contributed by atoms with van der Waals surface area (Å²) >= 11 is 0. The summed E-state index contributed by atoms with van der Waals surface area (Å²) in [6, 6.07) is 1.46. The van der Waals surface area contributed by atoms with E-state index in [0.29, 0.717) is 0 Å². The number of hydrogen-bond donors (Lipinski definition) is 0. The summed E-state index contributed by atoms with van der Waals surface area (Å²) in [5.41, 5.74) is 0. The molecule has 3 heterocycles. The lowest BCUT2D eigenvalue weighted by molar-refractivity contribution is -0.192. The van der Waals surface area contributed by atoms with E-state index in [-0.39, 0.29) is 5.85 Å². The molecule has 0 aromatic carbocycles. The summed E-state index contributed by atoms with van der Waals surface area (Å²) < 4.78 is 7.10. The topological polar surface area (TPSA) is 15.7 Å². The van der Waals surface area contributed by atoms with Crippen molar-refractivity contribution in [3.63, 3.8) is 0 Å². The lowest BCUT2D eigenvalue weighted by atomic mass is 10.2. The molecule has 3 rings (SSSR count). The Balaban J connectivity index is 1.90. The van der Waals surface area contributed by atoms with E-state index in [4.69, 9.17) is 4.43 Å². The maximum absolute atomic E-state index is 7.10. The molecule has 3 nitrogen and oxygen atoms in total. The summed E-state index contributed by atoms with van der Waals surface area (Å²) in [6.45, 7) is 15.1. The summed E-state index contributed by atoms with van der Waals surface area (Å²) in [5, 5.41) is 0. The molecule has 0 N–H and O–H groups in total. The maximum Gasteiger partial charge on any atom is 0.178 e. The van der Waals surface area contributed by atoms with Crippen LogP contribution in [0.3, 0.4) is 0 Å². The van der Waals surface area contributed by atoms with E-state index < -0.39 is 15.4 Å². The molecule has 116 valence electrons. The predicted octanol–water partition coefficient (Wildman–Crippen LogP) is 3.24. The summed E-state index contributed by atoms with van der Waals surface area (Å²) in [6.07, 6.45) is 6.72. The highest BCUT2D eigenvalue weighted by Crippen LogP contribution is 2.44. The van der Waals surface area contributed by atoms with E-state index in [0.717, 1.165) is 0 Å². The lowest BCUT2D eigenvalue weighted by Crippen LogP contribution is -2.73. The minimum absolute atomic E-state index is 0.00869. The Hall–Kier alpha value is 0.314. The summed E-state index contributed by atoms with van der Waals surface area (Å²) in [4.78, 5) is 5.41. The highest BCUT2D eigenvalue weighted by atomic mass is 29.3. The Kier molecular flexibility index (Phi) is 3.95. The SMILES string of the molecule is C[Si]1(C)CCC(N2CCCC2)(N2CCCC2)O[Si]1(C)C. The number of likely N-dealkylation sites (tertiary alicyclic amines) is 2. The average molecular weight is 313 g/mol. The molecule has 5 heteroatoms. The third kappa shape index (κ3) is 2.35. The lowest BCUT2D eigenvalue weighted by Gasteiger charge is -2.58. The molecule has 0 atom stereocenters. The number of rotatable bonds is 2. The second-order valence-corrected chi connectivity index (χ2v) is 23.3. The largest absolute Gasteiger partial charge is 0.391 e. The molecule has 0 aromatic rings. The fraction of sp³-hybridized carbons (Fsp3) is 1.00. The van der Waals surface area contributed by atoms with E-state index in [1.807, 2.05) is 0 Å². The first-order valence-electron chi connectivity index (χ1n) is 8.58. The van der Waals surface area contributed by atoms with Gasteiger partial charge in [-0.05, 0) is 38.8 Å². The van der Waals surface area contributed by atoms with Crippen molar-refractivity contribution in [2.75, 3.05) is 26.2 Å². The van der Waals surface area contributed by atoms with Crippen molar-refractivity contribution in [3.8, 4) is 0 Å². The molecule has 0 bridgehead atoms. The van der Waals surface area contributed by atoms with Crippen molar-refractivity contribution in [3.05, 3.63) is 0 Å². The van der Waals surface area contributed by atoms with E-state index in [2.05, 4.69) is 36.0 Å². The average Bonchev–Trinajstić information content (AvgIpc) is 3.04. The van der Waals surface area contributed by atoms with Crippen LogP contribution >= 0.6 is 0 Å². The van der Waals surface area contributed by atoms with Crippen LogP contribution in [-0.4, -0.2) is 57.3 Å². The second kappa shape index (κ2) is 5.19. The van der Waals surface area contributed by atoms with Gasteiger partial charge in [0, 0.05) is 32.6 Å². The van der Waals surface area contributed by atoms with Gasteiger partial charge in [-0.15, -0.1) is 0 Å². The van der Waals surface area contributed by atoms with Crippen LogP contribution < -0.4 is 0 Å². The van der Waals surface area contributed by atoms with E-state index in [1.54, 1.807) is 0 Å². The highest BCUT2D eigenvalue weighted by Gasteiger charge is 2.57. The van der Waals surface area contributed by atoms with Crippen LogP contribution in [0.25, 0.3) is 0 Å². The Labute approximate surface area is 126 Å². The summed E-state index contributed by atoms with van der Waals surface area (Å²) in [7, 11) is -2.68. The molecule has 3 aliphatic heterocycles. The quantitative estimate of drug-likeness (QED) is 0.728. The van der Waals surface area contributed by atoms with Crippen molar-refractivity contribution >= 4 is 15.4 Å². The second-order valence-electron chi connectivity index (χ2n) is 8.13. The molecule has 0 saturated carbocycles. The molecule has 0 radical (unpaired) electrons. The van der Waals surface area contributed by atoms with Crippen LogP contribution in [-0.2, 0) is 4.43 Å². The van der Waals surface area contributed by atoms with Crippen LogP contribution in [0.4, 0.5) is 0 Å². The van der Waals surface area contributed by atoms with Crippen molar-refractivity contribution in [1.82, 2.24) is 9.80 Å². The molecular formula is C15H32N2OSi2. The van der Waals surface area contributed by atoms with E-state index >= 15 is 0 Å². The molecule has 0 amide bonds. The van der Waals surface area contributed by atoms with Gasteiger partial charge in [-0.2, -0.15) is 0 Å². The highest BCUT2D eigenvalue weighted by molar-refractivity contribution is 7.38. The smallest absolute Gasteiger partial charge is 0.178 e. The van der Waals surface area contributed by atoms with Gasteiger partial charge in [0.1, 0.15) is 0 Å². The molecule has 20 heavy (non-hydrogen) atoms. The number of hydrogen-bond acceptors (Lipinski definition) is 3. The third-order valence-electron chi connectivity index (χ3n) is 6.32. The van der Waals surface area contributed by atoms with Crippen molar-refractivity contribution in [2.24, 2.45) is 0 Å². The molecule has 0 aliphatic carbocycles.